The summed E-state index contributed by atoms with van der Waals surface area (Å²) in [7, 11) is 0. The lowest BCUT2D eigenvalue weighted by atomic mass is 9.96. The van der Waals surface area contributed by atoms with Crippen LogP contribution in [0.2, 0.25) is 5.02 Å². The second-order valence-electron chi connectivity index (χ2n) is 5.73. The lowest BCUT2D eigenvalue weighted by Crippen LogP contribution is -2.40. The molecule has 1 amide bonds. The second-order valence-corrected chi connectivity index (χ2v) is 6.16. The molecule has 120 valence electrons. The second kappa shape index (κ2) is 7.02. The smallest absolute Gasteiger partial charge is 0.226 e. The number of nitrogens with two attached hydrogens (primary N) is 1. The van der Waals surface area contributed by atoms with Crippen molar-refractivity contribution < 1.29 is 9.53 Å². The fraction of sp³-hybridized carbons (Fsp3) is 0.278. The van der Waals surface area contributed by atoms with Gasteiger partial charge in [0, 0.05) is 17.6 Å². The number of amides is 1. The third kappa shape index (κ3) is 3.84. The van der Waals surface area contributed by atoms with Crippen LogP contribution < -0.4 is 15.8 Å². The number of halogens is 1. The van der Waals surface area contributed by atoms with Gasteiger partial charge in [-0.25, -0.2) is 0 Å². The minimum absolute atomic E-state index is 0.0398. The predicted molar refractivity (Wildman–Crippen MR) is 90.5 cm³/mol. The average molecular weight is 331 g/mol. The Morgan fingerprint density at radius 3 is 2.87 bits per heavy atom. The Hall–Kier alpha value is -2.04. The van der Waals surface area contributed by atoms with E-state index in [1.54, 1.807) is 6.07 Å². The molecule has 1 aliphatic heterocycles. The van der Waals surface area contributed by atoms with Crippen molar-refractivity contribution in [3.05, 3.63) is 64.7 Å². The molecule has 0 saturated carbocycles. The molecule has 0 fully saturated rings. The van der Waals surface area contributed by atoms with E-state index in [2.05, 4.69) is 5.32 Å². The molecule has 2 atom stereocenters. The molecule has 5 heteroatoms. The summed E-state index contributed by atoms with van der Waals surface area (Å²) in [5.74, 6) is 0.547. The van der Waals surface area contributed by atoms with E-state index in [1.807, 2.05) is 42.5 Å². The lowest BCUT2D eigenvalue weighted by molar-refractivity contribution is -0.126. The largest absolute Gasteiger partial charge is 0.492 e. The molecule has 0 radical (unpaired) electrons. The minimum atomic E-state index is -0.219. The number of hydrogen-bond acceptors (Lipinski definition) is 3. The van der Waals surface area contributed by atoms with Crippen LogP contribution >= 0.6 is 11.6 Å². The number of rotatable bonds is 4. The number of benzene rings is 2. The number of carbonyl (C=O) groups excluding carboxylic acids is 1. The Bertz CT molecular complexity index is 691. The van der Waals surface area contributed by atoms with Crippen molar-refractivity contribution in [2.75, 3.05) is 13.2 Å². The summed E-state index contributed by atoms with van der Waals surface area (Å²) in [5, 5.41) is 3.57. The molecular weight excluding hydrogens is 312 g/mol. The highest BCUT2D eigenvalue weighted by Crippen LogP contribution is 2.29. The SMILES string of the molecule is NC(CNC(=O)C1COc2ccc(Cl)cc2C1)c1ccccc1. The van der Waals surface area contributed by atoms with Gasteiger partial charge in [0.1, 0.15) is 12.4 Å². The van der Waals surface area contributed by atoms with Crippen LogP contribution in [0.5, 0.6) is 5.75 Å². The molecule has 0 saturated heterocycles. The monoisotopic (exact) mass is 330 g/mol. The van der Waals surface area contributed by atoms with E-state index in [4.69, 9.17) is 22.1 Å². The van der Waals surface area contributed by atoms with Crippen LogP contribution in [0, 0.1) is 5.92 Å². The summed E-state index contributed by atoms with van der Waals surface area (Å²) >= 11 is 6.00. The van der Waals surface area contributed by atoms with Crippen LogP contribution in [-0.2, 0) is 11.2 Å². The van der Waals surface area contributed by atoms with Crippen molar-refractivity contribution in [2.45, 2.75) is 12.5 Å². The van der Waals surface area contributed by atoms with Crippen molar-refractivity contribution in [3.63, 3.8) is 0 Å². The van der Waals surface area contributed by atoms with Gasteiger partial charge in [0.2, 0.25) is 5.91 Å². The molecule has 3 rings (SSSR count). The minimum Gasteiger partial charge on any atom is -0.492 e. The van der Waals surface area contributed by atoms with Crippen molar-refractivity contribution in [3.8, 4) is 5.75 Å². The van der Waals surface area contributed by atoms with Gasteiger partial charge in [0.15, 0.2) is 0 Å². The topological polar surface area (TPSA) is 64.3 Å². The zero-order chi connectivity index (χ0) is 16.2. The van der Waals surface area contributed by atoms with Crippen LogP contribution in [0.4, 0.5) is 0 Å². The molecule has 1 heterocycles. The zero-order valence-electron chi connectivity index (χ0n) is 12.7. The normalized spacial score (nSPS) is 17.7. The number of nitrogens with one attached hydrogen (secondary N) is 1. The molecule has 0 bridgehead atoms. The summed E-state index contributed by atoms with van der Waals surface area (Å²) in [6.07, 6.45) is 0.627. The molecule has 0 aromatic heterocycles. The fourth-order valence-electron chi connectivity index (χ4n) is 2.70. The summed E-state index contributed by atoms with van der Waals surface area (Å²) in [4.78, 5) is 12.3. The Morgan fingerprint density at radius 2 is 2.09 bits per heavy atom. The van der Waals surface area contributed by atoms with Gasteiger partial charge in [-0.2, -0.15) is 0 Å². The highest BCUT2D eigenvalue weighted by atomic mass is 35.5. The third-order valence-corrected chi connectivity index (χ3v) is 4.26. The van der Waals surface area contributed by atoms with E-state index in [0.29, 0.717) is 24.6 Å². The first-order chi connectivity index (χ1) is 11.1. The zero-order valence-corrected chi connectivity index (χ0v) is 13.4. The molecule has 3 N–H and O–H groups in total. The van der Waals surface area contributed by atoms with Gasteiger partial charge >= 0.3 is 0 Å². The first kappa shape index (κ1) is 15.8. The fourth-order valence-corrected chi connectivity index (χ4v) is 2.90. The molecule has 0 aliphatic carbocycles. The maximum atomic E-state index is 12.3. The molecule has 2 unspecified atom stereocenters. The Kier molecular flexibility index (Phi) is 4.84. The van der Waals surface area contributed by atoms with E-state index in [1.165, 1.54) is 0 Å². The van der Waals surface area contributed by atoms with E-state index in [0.717, 1.165) is 16.9 Å². The lowest BCUT2D eigenvalue weighted by Gasteiger charge is -2.25. The van der Waals surface area contributed by atoms with Crippen LogP contribution in [0.15, 0.2) is 48.5 Å². The van der Waals surface area contributed by atoms with Crippen LogP contribution in [0.25, 0.3) is 0 Å². The number of fused-ring (bicyclic) bond motifs is 1. The molecule has 1 aliphatic rings. The molecule has 2 aromatic carbocycles. The van der Waals surface area contributed by atoms with Gasteiger partial charge in [-0.05, 0) is 35.7 Å². The van der Waals surface area contributed by atoms with Gasteiger partial charge in [-0.1, -0.05) is 41.9 Å². The van der Waals surface area contributed by atoms with Crippen LogP contribution in [-0.4, -0.2) is 19.1 Å². The maximum Gasteiger partial charge on any atom is 0.226 e. The highest BCUT2D eigenvalue weighted by Gasteiger charge is 2.26. The summed E-state index contributed by atoms with van der Waals surface area (Å²) in [5.41, 5.74) is 8.08. The number of ether oxygens (including phenoxy) is 1. The van der Waals surface area contributed by atoms with Gasteiger partial charge in [-0.15, -0.1) is 0 Å². The van der Waals surface area contributed by atoms with Gasteiger partial charge in [0.05, 0.1) is 5.92 Å². The van der Waals surface area contributed by atoms with E-state index < -0.39 is 0 Å². The molecule has 2 aromatic rings. The standard InChI is InChI=1S/C18H19ClN2O2/c19-15-6-7-17-13(9-15)8-14(11-23-17)18(22)21-10-16(20)12-4-2-1-3-5-12/h1-7,9,14,16H,8,10-11,20H2,(H,21,22). The Labute approximate surface area is 140 Å². The highest BCUT2D eigenvalue weighted by molar-refractivity contribution is 6.30. The molecule has 23 heavy (non-hydrogen) atoms. The summed E-state index contributed by atoms with van der Waals surface area (Å²) in [6, 6.07) is 15.0. The van der Waals surface area contributed by atoms with Crippen molar-refractivity contribution >= 4 is 17.5 Å². The first-order valence-corrected chi connectivity index (χ1v) is 8.01. The average Bonchev–Trinajstić information content (AvgIpc) is 2.59. The maximum absolute atomic E-state index is 12.3. The number of hydrogen-bond donors (Lipinski definition) is 2. The quantitative estimate of drug-likeness (QED) is 0.906. The summed E-state index contributed by atoms with van der Waals surface area (Å²) < 4.78 is 5.65. The van der Waals surface area contributed by atoms with Gasteiger partial charge in [0.25, 0.3) is 0 Å². The van der Waals surface area contributed by atoms with E-state index in [-0.39, 0.29) is 17.9 Å². The molecule has 0 spiro atoms. The third-order valence-electron chi connectivity index (χ3n) is 4.02. The van der Waals surface area contributed by atoms with Crippen LogP contribution in [0.1, 0.15) is 17.2 Å². The van der Waals surface area contributed by atoms with Crippen molar-refractivity contribution in [2.24, 2.45) is 11.7 Å². The van der Waals surface area contributed by atoms with Gasteiger partial charge in [-0.3, -0.25) is 4.79 Å². The Balaban J connectivity index is 1.57. The van der Waals surface area contributed by atoms with Crippen molar-refractivity contribution in [1.82, 2.24) is 5.32 Å². The Morgan fingerprint density at radius 1 is 1.30 bits per heavy atom. The summed E-state index contributed by atoms with van der Waals surface area (Å²) in [6.45, 7) is 0.781. The number of carbonyl (C=O) groups is 1. The molecule has 4 nitrogen and oxygen atoms in total. The van der Waals surface area contributed by atoms with Crippen molar-refractivity contribution in [1.29, 1.82) is 0 Å². The molecular formula is C18H19ClN2O2. The van der Waals surface area contributed by atoms with E-state index in [9.17, 15) is 4.79 Å². The van der Waals surface area contributed by atoms with Crippen LogP contribution in [0.3, 0.4) is 0 Å². The first-order valence-electron chi connectivity index (χ1n) is 7.63. The predicted octanol–water partition coefficient (Wildman–Crippen LogP) is 2.71. The van der Waals surface area contributed by atoms with Gasteiger partial charge < -0.3 is 15.8 Å². The van der Waals surface area contributed by atoms with E-state index >= 15 is 0 Å².